The molecule has 2 unspecified atom stereocenters. The largest absolute Gasteiger partial charge is 0.348 e. The highest BCUT2D eigenvalue weighted by molar-refractivity contribution is 6.35. The standard InChI is InChI=1S/C18H17Cl2N3O4/c1-10(15-7-6-13(19)9-16(15)20)21-17(24)11(2)22-18(25)12-4-3-5-14(8-12)23(26)27/h3-11H,1-2H3,(H,21,24)(H,22,25). The van der Waals surface area contributed by atoms with Crippen LogP contribution in [-0.4, -0.2) is 22.8 Å². The minimum absolute atomic E-state index is 0.0950. The van der Waals surface area contributed by atoms with Gasteiger partial charge in [0.25, 0.3) is 11.6 Å². The molecule has 9 heteroatoms. The highest BCUT2D eigenvalue weighted by Crippen LogP contribution is 2.26. The number of carbonyl (C=O) groups excluding carboxylic acids is 2. The van der Waals surface area contributed by atoms with Gasteiger partial charge in [-0.05, 0) is 37.6 Å². The molecule has 2 amide bonds. The molecule has 2 rings (SSSR count). The number of nitrogens with zero attached hydrogens (tertiary/aromatic N) is 1. The van der Waals surface area contributed by atoms with Crippen LogP contribution in [0.25, 0.3) is 0 Å². The maximum absolute atomic E-state index is 12.3. The van der Waals surface area contributed by atoms with Gasteiger partial charge in [-0.15, -0.1) is 0 Å². The highest BCUT2D eigenvalue weighted by atomic mass is 35.5. The summed E-state index contributed by atoms with van der Waals surface area (Å²) >= 11 is 12.0. The second-order valence-corrected chi connectivity index (χ2v) is 6.74. The zero-order valence-corrected chi connectivity index (χ0v) is 16.0. The number of amides is 2. The van der Waals surface area contributed by atoms with Crippen LogP contribution in [0.1, 0.15) is 35.8 Å². The molecule has 2 aromatic carbocycles. The van der Waals surface area contributed by atoms with Gasteiger partial charge in [-0.3, -0.25) is 19.7 Å². The second-order valence-electron chi connectivity index (χ2n) is 5.90. The van der Waals surface area contributed by atoms with E-state index in [0.29, 0.717) is 15.6 Å². The molecule has 2 atom stereocenters. The van der Waals surface area contributed by atoms with Gasteiger partial charge >= 0.3 is 0 Å². The van der Waals surface area contributed by atoms with E-state index in [1.807, 2.05) is 0 Å². The minimum atomic E-state index is -0.856. The molecule has 0 heterocycles. The van der Waals surface area contributed by atoms with Crippen molar-refractivity contribution in [3.63, 3.8) is 0 Å². The molecule has 0 bridgehead atoms. The van der Waals surface area contributed by atoms with Gasteiger partial charge in [0.1, 0.15) is 6.04 Å². The lowest BCUT2D eigenvalue weighted by Crippen LogP contribution is -2.45. The Kier molecular flexibility index (Phi) is 6.76. The Bertz CT molecular complexity index is 889. The Balaban J connectivity index is 2.01. The average molecular weight is 410 g/mol. The first-order chi connectivity index (χ1) is 12.7. The van der Waals surface area contributed by atoms with Gasteiger partial charge in [0.05, 0.1) is 11.0 Å². The summed E-state index contributed by atoms with van der Waals surface area (Å²) < 4.78 is 0. The van der Waals surface area contributed by atoms with Gasteiger partial charge in [0, 0.05) is 27.7 Å². The van der Waals surface area contributed by atoms with Gasteiger partial charge in [0.15, 0.2) is 0 Å². The molecular formula is C18H17Cl2N3O4. The monoisotopic (exact) mass is 409 g/mol. The molecule has 0 aliphatic carbocycles. The maximum Gasteiger partial charge on any atom is 0.270 e. The van der Waals surface area contributed by atoms with Crippen molar-refractivity contribution >= 4 is 40.7 Å². The number of halogens is 2. The third-order valence-corrected chi connectivity index (χ3v) is 4.41. The van der Waals surface area contributed by atoms with Crippen molar-refractivity contribution in [1.82, 2.24) is 10.6 Å². The smallest absolute Gasteiger partial charge is 0.270 e. The summed E-state index contributed by atoms with van der Waals surface area (Å²) in [5.41, 5.74) is 0.579. The summed E-state index contributed by atoms with van der Waals surface area (Å²) in [5.74, 6) is -1.01. The average Bonchev–Trinajstić information content (AvgIpc) is 2.61. The number of carbonyl (C=O) groups is 2. The molecule has 142 valence electrons. The van der Waals surface area contributed by atoms with Crippen LogP contribution in [0.2, 0.25) is 10.0 Å². The van der Waals surface area contributed by atoms with Crippen molar-refractivity contribution in [2.45, 2.75) is 25.9 Å². The van der Waals surface area contributed by atoms with Crippen molar-refractivity contribution in [2.75, 3.05) is 0 Å². The van der Waals surface area contributed by atoms with E-state index in [4.69, 9.17) is 23.2 Å². The van der Waals surface area contributed by atoms with Crippen LogP contribution in [0, 0.1) is 10.1 Å². The summed E-state index contributed by atoms with van der Waals surface area (Å²) in [6, 6.07) is 8.96. The second kappa shape index (κ2) is 8.83. The molecule has 0 radical (unpaired) electrons. The molecule has 27 heavy (non-hydrogen) atoms. The Morgan fingerprint density at radius 1 is 1.07 bits per heavy atom. The number of hydrogen-bond donors (Lipinski definition) is 2. The van der Waals surface area contributed by atoms with Crippen molar-refractivity contribution < 1.29 is 14.5 Å². The van der Waals surface area contributed by atoms with E-state index in [2.05, 4.69) is 10.6 Å². The number of rotatable bonds is 6. The fourth-order valence-electron chi connectivity index (χ4n) is 2.38. The maximum atomic E-state index is 12.3. The fraction of sp³-hybridized carbons (Fsp3) is 0.222. The summed E-state index contributed by atoms with van der Waals surface area (Å²) in [4.78, 5) is 34.8. The van der Waals surface area contributed by atoms with E-state index >= 15 is 0 Å². The summed E-state index contributed by atoms with van der Waals surface area (Å²) in [6.45, 7) is 3.27. The number of hydrogen-bond acceptors (Lipinski definition) is 4. The van der Waals surface area contributed by atoms with Crippen molar-refractivity contribution in [1.29, 1.82) is 0 Å². The van der Waals surface area contributed by atoms with Crippen molar-refractivity contribution in [2.24, 2.45) is 0 Å². The van der Waals surface area contributed by atoms with E-state index in [1.165, 1.54) is 25.1 Å². The van der Waals surface area contributed by atoms with Gasteiger partial charge in [-0.2, -0.15) is 0 Å². The zero-order chi connectivity index (χ0) is 20.1. The molecule has 7 nitrogen and oxygen atoms in total. The minimum Gasteiger partial charge on any atom is -0.348 e. The summed E-state index contributed by atoms with van der Waals surface area (Å²) in [7, 11) is 0. The predicted octanol–water partition coefficient (Wildman–Crippen LogP) is 3.90. The SMILES string of the molecule is CC(NC(=O)c1cccc([N+](=O)[O-])c1)C(=O)NC(C)c1ccc(Cl)cc1Cl. The zero-order valence-electron chi connectivity index (χ0n) is 14.5. The third-order valence-electron chi connectivity index (χ3n) is 3.85. The topological polar surface area (TPSA) is 101 Å². The first-order valence-electron chi connectivity index (χ1n) is 7.99. The lowest BCUT2D eigenvalue weighted by molar-refractivity contribution is -0.384. The number of nitro groups is 1. The van der Waals surface area contributed by atoms with E-state index in [-0.39, 0.29) is 11.3 Å². The lowest BCUT2D eigenvalue weighted by Gasteiger charge is -2.19. The normalized spacial score (nSPS) is 12.7. The molecule has 0 saturated carbocycles. The van der Waals surface area contributed by atoms with Crippen LogP contribution in [0.3, 0.4) is 0 Å². The predicted molar refractivity (Wildman–Crippen MR) is 103 cm³/mol. The third kappa shape index (κ3) is 5.42. The molecule has 2 aromatic rings. The molecule has 0 saturated heterocycles. The Morgan fingerprint density at radius 2 is 1.78 bits per heavy atom. The highest BCUT2D eigenvalue weighted by Gasteiger charge is 2.21. The molecule has 0 aromatic heterocycles. The molecule has 0 aliphatic heterocycles. The van der Waals surface area contributed by atoms with Crippen LogP contribution in [0.4, 0.5) is 5.69 Å². The first kappa shape index (κ1) is 20.7. The van der Waals surface area contributed by atoms with Gasteiger partial charge in [-0.25, -0.2) is 0 Å². The number of nitro benzene ring substituents is 1. The van der Waals surface area contributed by atoms with Gasteiger partial charge in [-0.1, -0.05) is 35.3 Å². The number of nitrogens with one attached hydrogen (secondary N) is 2. The van der Waals surface area contributed by atoms with E-state index < -0.39 is 28.8 Å². The molecule has 0 aliphatic rings. The van der Waals surface area contributed by atoms with Crippen molar-refractivity contribution in [3.8, 4) is 0 Å². The van der Waals surface area contributed by atoms with E-state index in [9.17, 15) is 19.7 Å². The Morgan fingerprint density at radius 3 is 2.41 bits per heavy atom. The van der Waals surface area contributed by atoms with Gasteiger partial charge < -0.3 is 10.6 Å². The molecule has 0 fully saturated rings. The van der Waals surface area contributed by atoms with Crippen LogP contribution >= 0.6 is 23.2 Å². The Labute approximate surface area is 165 Å². The van der Waals surface area contributed by atoms with Crippen LogP contribution in [0.5, 0.6) is 0 Å². The van der Waals surface area contributed by atoms with Gasteiger partial charge in [0.2, 0.25) is 5.91 Å². The van der Waals surface area contributed by atoms with Crippen LogP contribution in [0.15, 0.2) is 42.5 Å². The first-order valence-corrected chi connectivity index (χ1v) is 8.75. The number of non-ortho nitro benzene ring substituents is 1. The van der Waals surface area contributed by atoms with E-state index in [0.717, 1.165) is 6.07 Å². The van der Waals surface area contributed by atoms with Crippen molar-refractivity contribution in [3.05, 3.63) is 73.8 Å². The van der Waals surface area contributed by atoms with Crippen LogP contribution < -0.4 is 10.6 Å². The number of benzene rings is 2. The van der Waals surface area contributed by atoms with Crippen LogP contribution in [-0.2, 0) is 4.79 Å². The van der Waals surface area contributed by atoms with E-state index in [1.54, 1.807) is 25.1 Å². The summed E-state index contributed by atoms with van der Waals surface area (Å²) in [6.07, 6.45) is 0. The lowest BCUT2D eigenvalue weighted by atomic mass is 10.1. The molecule has 2 N–H and O–H groups in total. The molecule has 0 spiro atoms. The Hall–Kier alpha value is -2.64. The summed E-state index contributed by atoms with van der Waals surface area (Å²) in [5, 5.41) is 17.0. The quantitative estimate of drug-likeness (QED) is 0.557. The molecular weight excluding hydrogens is 393 g/mol. The fourth-order valence-corrected chi connectivity index (χ4v) is 2.95.